The molecule has 5 heteroatoms. The summed E-state index contributed by atoms with van der Waals surface area (Å²) in [5, 5.41) is 8.75. The molecule has 0 aromatic heterocycles. The van der Waals surface area contributed by atoms with E-state index in [4.69, 9.17) is 5.26 Å². The van der Waals surface area contributed by atoms with Gasteiger partial charge in [0.25, 0.3) is 0 Å². The SMILES string of the molecule is N#Cc1ccc(C(F)(F)F)cc1C#CCCS. The van der Waals surface area contributed by atoms with E-state index in [-0.39, 0.29) is 11.1 Å². The molecule has 1 nitrogen and oxygen atoms in total. The van der Waals surface area contributed by atoms with Crippen molar-refractivity contribution in [2.75, 3.05) is 5.75 Å². The molecule has 0 aliphatic rings. The van der Waals surface area contributed by atoms with Crippen LogP contribution in [-0.4, -0.2) is 5.75 Å². The van der Waals surface area contributed by atoms with E-state index in [9.17, 15) is 13.2 Å². The van der Waals surface area contributed by atoms with Gasteiger partial charge < -0.3 is 0 Å². The second-order valence-corrected chi connectivity index (χ2v) is 3.59. The third-order valence-electron chi connectivity index (χ3n) is 1.93. The first-order valence-corrected chi connectivity index (χ1v) is 5.33. The topological polar surface area (TPSA) is 23.8 Å². The number of halogens is 3. The van der Waals surface area contributed by atoms with Crippen molar-refractivity contribution in [3.05, 3.63) is 34.9 Å². The minimum absolute atomic E-state index is 0.101. The van der Waals surface area contributed by atoms with E-state index >= 15 is 0 Å². The molecular formula is C12H8F3NS. The van der Waals surface area contributed by atoms with E-state index in [1.54, 1.807) is 0 Å². The second-order valence-electron chi connectivity index (χ2n) is 3.15. The number of thiol groups is 1. The van der Waals surface area contributed by atoms with Crippen molar-refractivity contribution >= 4 is 12.6 Å². The molecule has 0 saturated carbocycles. The monoisotopic (exact) mass is 255 g/mol. The van der Waals surface area contributed by atoms with Gasteiger partial charge in [-0.3, -0.25) is 0 Å². The van der Waals surface area contributed by atoms with Crippen molar-refractivity contribution in [2.45, 2.75) is 12.6 Å². The first-order chi connectivity index (χ1) is 7.99. The number of hydrogen-bond acceptors (Lipinski definition) is 2. The molecule has 0 amide bonds. The lowest BCUT2D eigenvalue weighted by atomic mass is 10.0. The molecule has 1 aromatic carbocycles. The van der Waals surface area contributed by atoms with Crippen LogP contribution in [0.3, 0.4) is 0 Å². The van der Waals surface area contributed by atoms with E-state index in [1.807, 2.05) is 6.07 Å². The van der Waals surface area contributed by atoms with Crippen LogP contribution >= 0.6 is 12.6 Å². The Morgan fingerprint density at radius 1 is 1.24 bits per heavy atom. The van der Waals surface area contributed by atoms with Crippen LogP contribution in [0.5, 0.6) is 0 Å². The van der Waals surface area contributed by atoms with Gasteiger partial charge in [-0.25, -0.2) is 0 Å². The number of alkyl halides is 3. The summed E-state index contributed by atoms with van der Waals surface area (Å²) < 4.78 is 37.3. The molecule has 0 bridgehead atoms. The van der Waals surface area contributed by atoms with E-state index in [2.05, 4.69) is 24.5 Å². The van der Waals surface area contributed by atoms with Crippen molar-refractivity contribution < 1.29 is 13.2 Å². The molecule has 88 valence electrons. The summed E-state index contributed by atoms with van der Waals surface area (Å²) in [5.41, 5.74) is -0.555. The molecule has 1 rings (SSSR count). The van der Waals surface area contributed by atoms with Crippen LogP contribution in [0, 0.1) is 23.2 Å². The normalized spacial score (nSPS) is 10.3. The number of nitrogens with zero attached hydrogens (tertiary/aromatic N) is 1. The fraction of sp³-hybridized carbons (Fsp3) is 0.250. The summed E-state index contributed by atoms with van der Waals surface area (Å²) in [6, 6.07) is 4.71. The van der Waals surface area contributed by atoms with Crippen LogP contribution in [0.25, 0.3) is 0 Å². The lowest BCUT2D eigenvalue weighted by Crippen LogP contribution is -2.05. The van der Waals surface area contributed by atoms with Crippen molar-refractivity contribution in [3.63, 3.8) is 0 Å². The predicted octanol–water partition coefficient (Wildman–Crippen LogP) is 3.25. The molecule has 17 heavy (non-hydrogen) atoms. The molecule has 1 aromatic rings. The minimum Gasteiger partial charge on any atom is -0.192 e. The van der Waals surface area contributed by atoms with Crippen LogP contribution in [0.1, 0.15) is 23.1 Å². The molecule has 0 spiro atoms. The Labute approximate surface area is 103 Å². The highest BCUT2D eigenvalue weighted by Crippen LogP contribution is 2.30. The number of benzene rings is 1. The Hall–Kier alpha value is -1.59. The molecular weight excluding hydrogens is 247 g/mol. The van der Waals surface area contributed by atoms with Gasteiger partial charge in [0.05, 0.1) is 11.1 Å². The lowest BCUT2D eigenvalue weighted by molar-refractivity contribution is -0.137. The van der Waals surface area contributed by atoms with Gasteiger partial charge in [-0.15, -0.1) is 0 Å². The fourth-order valence-corrected chi connectivity index (χ4v) is 1.25. The Kier molecular flexibility index (Phi) is 4.48. The molecule has 0 aliphatic carbocycles. The Morgan fingerprint density at radius 3 is 2.47 bits per heavy atom. The van der Waals surface area contributed by atoms with Gasteiger partial charge in [-0.1, -0.05) is 11.8 Å². The van der Waals surface area contributed by atoms with Crippen molar-refractivity contribution in [2.24, 2.45) is 0 Å². The van der Waals surface area contributed by atoms with E-state index in [0.29, 0.717) is 12.2 Å². The summed E-state index contributed by atoms with van der Waals surface area (Å²) in [6.07, 6.45) is -3.96. The van der Waals surface area contributed by atoms with Crippen LogP contribution in [0.2, 0.25) is 0 Å². The highest BCUT2D eigenvalue weighted by Gasteiger charge is 2.30. The van der Waals surface area contributed by atoms with Gasteiger partial charge in [0.1, 0.15) is 6.07 Å². The van der Waals surface area contributed by atoms with Crippen molar-refractivity contribution in [1.29, 1.82) is 5.26 Å². The maximum absolute atomic E-state index is 12.4. The van der Waals surface area contributed by atoms with Gasteiger partial charge in [0, 0.05) is 17.7 Å². The zero-order valence-electron chi connectivity index (χ0n) is 8.67. The summed E-state index contributed by atoms with van der Waals surface area (Å²) in [4.78, 5) is 0. The smallest absolute Gasteiger partial charge is 0.192 e. The predicted molar refractivity (Wildman–Crippen MR) is 61.5 cm³/mol. The third kappa shape index (κ3) is 3.72. The molecule has 0 saturated heterocycles. The maximum Gasteiger partial charge on any atom is 0.416 e. The molecule has 0 aliphatic heterocycles. The van der Waals surface area contributed by atoms with E-state index in [1.165, 1.54) is 0 Å². The van der Waals surface area contributed by atoms with Crippen LogP contribution in [0.15, 0.2) is 18.2 Å². The molecule has 0 fully saturated rings. The Morgan fingerprint density at radius 2 is 1.94 bits per heavy atom. The fourth-order valence-electron chi connectivity index (χ4n) is 1.14. The summed E-state index contributed by atoms with van der Waals surface area (Å²) in [5.74, 6) is 5.74. The van der Waals surface area contributed by atoms with Crippen LogP contribution < -0.4 is 0 Å². The summed E-state index contributed by atoms with van der Waals surface area (Å²) >= 11 is 3.93. The van der Waals surface area contributed by atoms with Gasteiger partial charge >= 0.3 is 6.18 Å². The molecule has 0 unspecified atom stereocenters. The number of hydrogen-bond donors (Lipinski definition) is 1. The van der Waals surface area contributed by atoms with Crippen LogP contribution in [0.4, 0.5) is 13.2 Å². The number of rotatable bonds is 1. The lowest BCUT2D eigenvalue weighted by Gasteiger charge is -2.07. The first kappa shape index (κ1) is 13.5. The minimum atomic E-state index is -4.42. The van der Waals surface area contributed by atoms with Gasteiger partial charge in [0.15, 0.2) is 0 Å². The molecule has 0 radical (unpaired) electrons. The van der Waals surface area contributed by atoms with Crippen molar-refractivity contribution in [3.8, 4) is 17.9 Å². The quantitative estimate of drug-likeness (QED) is 0.604. The van der Waals surface area contributed by atoms with Gasteiger partial charge in [0.2, 0.25) is 0 Å². The zero-order chi connectivity index (χ0) is 12.9. The summed E-state index contributed by atoms with van der Waals surface area (Å²) in [7, 11) is 0. The highest BCUT2D eigenvalue weighted by atomic mass is 32.1. The molecule has 0 heterocycles. The Bertz CT molecular complexity index is 503. The Balaban J connectivity index is 3.19. The second kappa shape index (κ2) is 5.65. The standard InChI is InChI=1S/C12H8F3NS/c13-12(14,15)11-5-4-10(8-16)9(7-11)3-1-2-6-17/h4-5,7,17H,2,6H2. The third-order valence-corrected chi connectivity index (χ3v) is 2.15. The molecule has 0 N–H and O–H groups in total. The maximum atomic E-state index is 12.4. The van der Waals surface area contributed by atoms with Gasteiger partial charge in [-0.05, 0) is 18.2 Å². The summed E-state index contributed by atoms with van der Waals surface area (Å²) in [6.45, 7) is 0. The number of nitriles is 1. The van der Waals surface area contributed by atoms with Crippen molar-refractivity contribution in [1.82, 2.24) is 0 Å². The van der Waals surface area contributed by atoms with E-state index in [0.717, 1.165) is 18.2 Å². The zero-order valence-corrected chi connectivity index (χ0v) is 9.57. The molecule has 0 atom stereocenters. The van der Waals surface area contributed by atoms with Crippen LogP contribution in [-0.2, 0) is 6.18 Å². The average molecular weight is 255 g/mol. The first-order valence-electron chi connectivity index (χ1n) is 4.70. The highest BCUT2D eigenvalue weighted by molar-refractivity contribution is 7.80. The average Bonchev–Trinajstić information content (AvgIpc) is 2.28. The largest absolute Gasteiger partial charge is 0.416 e. The van der Waals surface area contributed by atoms with E-state index < -0.39 is 11.7 Å². The van der Waals surface area contributed by atoms with Gasteiger partial charge in [-0.2, -0.15) is 31.1 Å².